The molecule has 3 nitrogen and oxygen atoms in total. The van der Waals surface area contributed by atoms with Crippen LogP contribution in [0.25, 0.3) is 0 Å². The minimum Gasteiger partial charge on any atom is -0.481 e. The highest BCUT2D eigenvalue weighted by atomic mass is 19.4. The Bertz CT molecular complexity index is 843. The largest absolute Gasteiger partial charge is 0.481 e. The third-order valence-electron chi connectivity index (χ3n) is 5.05. The zero-order chi connectivity index (χ0) is 20.5. The molecule has 1 N–H and O–H groups in total. The lowest BCUT2D eigenvalue weighted by molar-refractivity contribution is -0.143. The zero-order valence-corrected chi connectivity index (χ0v) is 14.7. The minimum atomic E-state index is -4.49. The van der Waals surface area contributed by atoms with Gasteiger partial charge in [0.1, 0.15) is 11.6 Å². The van der Waals surface area contributed by atoms with Gasteiger partial charge in [-0.3, -0.25) is 9.69 Å². The summed E-state index contributed by atoms with van der Waals surface area (Å²) in [5.74, 6) is -2.97. The Kier molecular flexibility index (Phi) is 5.69. The fraction of sp³-hybridized carbons (Fsp3) is 0.350. The summed E-state index contributed by atoms with van der Waals surface area (Å²) in [7, 11) is 0. The molecule has 1 heterocycles. The monoisotopic (exact) mass is 399 g/mol. The molecule has 3 rings (SSSR count). The molecule has 1 atom stereocenters. The highest BCUT2D eigenvalue weighted by Crippen LogP contribution is 2.36. The van der Waals surface area contributed by atoms with Gasteiger partial charge in [0.05, 0.1) is 17.5 Å². The fourth-order valence-corrected chi connectivity index (χ4v) is 3.57. The molecule has 0 saturated carbocycles. The van der Waals surface area contributed by atoms with Crippen LogP contribution >= 0.6 is 0 Å². The van der Waals surface area contributed by atoms with E-state index in [4.69, 9.17) is 5.11 Å². The van der Waals surface area contributed by atoms with Crippen molar-refractivity contribution in [2.45, 2.75) is 25.1 Å². The number of aliphatic carboxylic acids is 1. The topological polar surface area (TPSA) is 40.5 Å². The van der Waals surface area contributed by atoms with Crippen LogP contribution in [0.1, 0.15) is 35.6 Å². The number of hydrogen-bond donors (Lipinski definition) is 1. The highest BCUT2D eigenvalue weighted by Gasteiger charge is 2.33. The number of halogens is 5. The Balaban J connectivity index is 1.97. The first-order chi connectivity index (χ1) is 13.2. The first-order valence-electron chi connectivity index (χ1n) is 8.76. The van der Waals surface area contributed by atoms with E-state index in [0.717, 1.165) is 24.3 Å². The number of carbonyl (C=O) groups is 1. The number of carboxylic acid groups (broad SMARTS) is 1. The summed E-state index contributed by atoms with van der Waals surface area (Å²) >= 11 is 0. The van der Waals surface area contributed by atoms with Gasteiger partial charge in [-0.05, 0) is 49.7 Å². The normalized spacial score (nSPS) is 17.5. The van der Waals surface area contributed by atoms with E-state index in [1.165, 1.54) is 18.2 Å². The van der Waals surface area contributed by atoms with E-state index in [0.29, 0.717) is 31.5 Å². The Hall–Kier alpha value is -2.48. The summed E-state index contributed by atoms with van der Waals surface area (Å²) in [6.45, 7) is 0.666. The molecule has 28 heavy (non-hydrogen) atoms. The second-order valence-electron chi connectivity index (χ2n) is 6.84. The molecule has 0 bridgehead atoms. The third-order valence-corrected chi connectivity index (χ3v) is 5.05. The van der Waals surface area contributed by atoms with Gasteiger partial charge in [0.2, 0.25) is 0 Å². The Morgan fingerprint density at radius 3 is 2.14 bits per heavy atom. The van der Waals surface area contributed by atoms with Gasteiger partial charge in [-0.1, -0.05) is 18.2 Å². The molecule has 8 heteroatoms. The molecule has 1 fully saturated rings. The van der Waals surface area contributed by atoms with Crippen LogP contribution in [0.15, 0.2) is 42.5 Å². The van der Waals surface area contributed by atoms with Crippen molar-refractivity contribution in [3.05, 3.63) is 70.8 Å². The molecule has 150 valence electrons. The Labute approximate surface area is 158 Å². The van der Waals surface area contributed by atoms with E-state index in [-0.39, 0.29) is 5.56 Å². The number of rotatable bonds is 4. The molecule has 2 aromatic carbocycles. The first kappa shape index (κ1) is 20.3. The number of nitrogens with zero attached hydrogens (tertiary/aromatic N) is 1. The molecule has 2 aromatic rings. The van der Waals surface area contributed by atoms with Crippen LogP contribution in [-0.4, -0.2) is 29.1 Å². The zero-order valence-electron chi connectivity index (χ0n) is 14.7. The van der Waals surface area contributed by atoms with E-state index in [2.05, 4.69) is 0 Å². The number of carboxylic acids is 1. The molecular weight excluding hydrogens is 381 g/mol. The fourth-order valence-electron chi connectivity index (χ4n) is 3.57. The number of piperidine rings is 1. The highest BCUT2D eigenvalue weighted by molar-refractivity contribution is 5.70. The van der Waals surface area contributed by atoms with Crippen LogP contribution in [0, 0.1) is 17.6 Å². The van der Waals surface area contributed by atoms with Gasteiger partial charge < -0.3 is 5.11 Å². The molecule has 0 spiro atoms. The van der Waals surface area contributed by atoms with Crippen LogP contribution in [-0.2, 0) is 11.0 Å². The average molecular weight is 399 g/mol. The number of alkyl halides is 3. The molecule has 1 saturated heterocycles. The molecule has 1 unspecified atom stereocenters. The van der Waals surface area contributed by atoms with Crippen molar-refractivity contribution in [1.82, 2.24) is 4.90 Å². The summed E-state index contributed by atoms with van der Waals surface area (Å²) in [5.41, 5.74) is -0.263. The lowest BCUT2D eigenvalue weighted by Crippen LogP contribution is -2.39. The van der Waals surface area contributed by atoms with Gasteiger partial charge in [0.25, 0.3) is 0 Å². The Morgan fingerprint density at radius 2 is 1.64 bits per heavy atom. The van der Waals surface area contributed by atoms with E-state index in [1.54, 1.807) is 0 Å². The predicted molar refractivity (Wildman–Crippen MR) is 91.6 cm³/mol. The van der Waals surface area contributed by atoms with E-state index >= 15 is 0 Å². The van der Waals surface area contributed by atoms with Crippen LogP contribution in [0.3, 0.4) is 0 Å². The second-order valence-corrected chi connectivity index (χ2v) is 6.84. The van der Waals surface area contributed by atoms with Crippen molar-refractivity contribution in [2.24, 2.45) is 5.92 Å². The maximum absolute atomic E-state index is 14.5. The van der Waals surface area contributed by atoms with Crippen molar-refractivity contribution in [1.29, 1.82) is 0 Å². The van der Waals surface area contributed by atoms with Gasteiger partial charge in [0.15, 0.2) is 0 Å². The Morgan fingerprint density at radius 1 is 1.04 bits per heavy atom. The van der Waals surface area contributed by atoms with Gasteiger partial charge in [-0.25, -0.2) is 8.78 Å². The molecule has 0 aliphatic carbocycles. The minimum absolute atomic E-state index is 0.134. The average Bonchev–Trinajstić information content (AvgIpc) is 2.64. The van der Waals surface area contributed by atoms with Crippen LogP contribution in [0.4, 0.5) is 22.0 Å². The summed E-state index contributed by atoms with van der Waals surface area (Å²) < 4.78 is 66.4. The van der Waals surface area contributed by atoms with Gasteiger partial charge in [-0.15, -0.1) is 0 Å². The summed E-state index contributed by atoms with van der Waals surface area (Å²) in [6, 6.07) is 6.77. The van der Waals surface area contributed by atoms with Crippen molar-refractivity contribution in [3.63, 3.8) is 0 Å². The number of likely N-dealkylation sites (tertiary alicyclic amines) is 1. The summed E-state index contributed by atoms with van der Waals surface area (Å²) in [4.78, 5) is 13.0. The second kappa shape index (κ2) is 7.87. The van der Waals surface area contributed by atoms with Crippen molar-refractivity contribution >= 4 is 5.97 Å². The third kappa shape index (κ3) is 4.32. The standard InChI is InChI=1S/C20H18F5NO2/c21-15-5-6-16(17(22)11-15)18(26-9-7-13(8-10-26)19(27)28)12-1-3-14(4-2-12)20(23,24)25/h1-6,11,13,18H,7-10H2,(H,27,28). The molecule has 0 radical (unpaired) electrons. The van der Waals surface area contributed by atoms with Gasteiger partial charge >= 0.3 is 12.1 Å². The van der Waals surface area contributed by atoms with Crippen molar-refractivity contribution < 1.29 is 31.9 Å². The van der Waals surface area contributed by atoms with Crippen molar-refractivity contribution in [2.75, 3.05) is 13.1 Å². The maximum Gasteiger partial charge on any atom is 0.416 e. The summed E-state index contributed by atoms with van der Waals surface area (Å²) in [6.07, 6.45) is -3.81. The van der Waals surface area contributed by atoms with E-state index in [1.807, 2.05) is 4.90 Å². The summed E-state index contributed by atoms with van der Waals surface area (Å²) in [5, 5.41) is 9.15. The lowest BCUT2D eigenvalue weighted by Gasteiger charge is -2.37. The van der Waals surface area contributed by atoms with Crippen LogP contribution < -0.4 is 0 Å². The van der Waals surface area contributed by atoms with E-state index in [9.17, 15) is 26.7 Å². The van der Waals surface area contributed by atoms with E-state index < -0.39 is 41.3 Å². The van der Waals surface area contributed by atoms with Gasteiger partial charge in [0, 0.05) is 11.6 Å². The van der Waals surface area contributed by atoms with Crippen LogP contribution in [0.2, 0.25) is 0 Å². The molecule has 0 amide bonds. The van der Waals surface area contributed by atoms with Crippen molar-refractivity contribution in [3.8, 4) is 0 Å². The van der Waals surface area contributed by atoms with Crippen LogP contribution in [0.5, 0.6) is 0 Å². The molecular formula is C20H18F5NO2. The maximum atomic E-state index is 14.5. The molecule has 0 aromatic heterocycles. The molecule has 1 aliphatic heterocycles. The molecule has 1 aliphatic rings. The smallest absolute Gasteiger partial charge is 0.416 e. The van der Waals surface area contributed by atoms with Gasteiger partial charge in [-0.2, -0.15) is 13.2 Å². The number of benzene rings is 2. The quantitative estimate of drug-likeness (QED) is 0.746. The predicted octanol–water partition coefficient (Wildman–Crippen LogP) is 4.87. The SMILES string of the molecule is O=C(O)C1CCN(C(c2ccc(C(F)(F)F)cc2)c2ccc(F)cc2F)CC1. The number of hydrogen-bond acceptors (Lipinski definition) is 2. The first-order valence-corrected chi connectivity index (χ1v) is 8.76. The lowest BCUT2D eigenvalue weighted by atomic mass is 9.90.